The maximum atomic E-state index is 5.38. The van der Waals surface area contributed by atoms with Gasteiger partial charge < -0.3 is 4.74 Å². The van der Waals surface area contributed by atoms with Crippen molar-refractivity contribution in [2.24, 2.45) is 0 Å². The van der Waals surface area contributed by atoms with E-state index in [1.165, 1.54) is 0 Å². The van der Waals surface area contributed by atoms with E-state index < -0.39 is 0 Å². The SMILES string of the molecule is COc1cccc(-c2nc(-c3ccccc3)c3ncc(-c4cccnc4)cc3n2)c1. The zero-order valence-corrected chi connectivity index (χ0v) is 16.4. The number of aromatic nitrogens is 4. The quantitative estimate of drug-likeness (QED) is 0.409. The van der Waals surface area contributed by atoms with Crippen molar-refractivity contribution in [2.75, 3.05) is 7.11 Å². The molecule has 0 bridgehead atoms. The summed E-state index contributed by atoms with van der Waals surface area (Å²) >= 11 is 0. The second-order valence-corrected chi connectivity index (χ2v) is 6.83. The first-order valence-corrected chi connectivity index (χ1v) is 9.60. The predicted molar refractivity (Wildman–Crippen MR) is 118 cm³/mol. The Morgan fingerprint density at radius 2 is 1.53 bits per heavy atom. The number of ether oxygens (including phenoxy) is 1. The van der Waals surface area contributed by atoms with Crippen LogP contribution in [0.5, 0.6) is 5.75 Å². The molecule has 0 aliphatic heterocycles. The van der Waals surface area contributed by atoms with E-state index in [-0.39, 0.29) is 0 Å². The summed E-state index contributed by atoms with van der Waals surface area (Å²) in [5.74, 6) is 1.39. The fourth-order valence-electron chi connectivity index (χ4n) is 3.40. The Labute approximate surface area is 174 Å². The zero-order chi connectivity index (χ0) is 20.3. The van der Waals surface area contributed by atoms with Crippen molar-refractivity contribution in [3.63, 3.8) is 0 Å². The number of benzene rings is 2. The van der Waals surface area contributed by atoms with Gasteiger partial charge in [0, 0.05) is 40.8 Å². The highest BCUT2D eigenvalue weighted by molar-refractivity contribution is 5.92. The third-order valence-electron chi connectivity index (χ3n) is 4.91. The van der Waals surface area contributed by atoms with Crippen LogP contribution in [0.4, 0.5) is 0 Å². The van der Waals surface area contributed by atoms with E-state index in [1.807, 2.05) is 85.2 Å². The molecular formula is C25H18N4O. The molecule has 0 amide bonds. The molecule has 0 saturated heterocycles. The molecule has 0 unspecified atom stereocenters. The summed E-state index contributed by atoms with van der Waals surface area (Å²) in [7, 11) is 1.65. The fourth-order valence-corrected chi connectivity index (χ4v) is 3.40. The van der Waals surface area contributed by atoms with E-state index in [9.17, 15) is 0 Å². The van der Waals surface area contributed by atoms with Gasteiger partial charge >= 0.3 is 0 Å². The molecule has 5 rings (SSSR count). The monoisotopic (exact) mass is 390 g/mol. The Bertz CT molecular complexity index is 1320. The number of fused-ring (bicyclic) bond motifs is 1. The second kappa shape index (κ2) is 7.72. The van der Waals surface area contributed by atoms with Crippen LogP contribution >= 0.6 is 0 Å². The summed E-state index contributed by atoms with van der Waals surface area (Å²) in [4.78, 5) is 18.7. The van der Waals surface area contributed by atoms with Crippen LogP contribution in [-0.4, -0.2) is 27.0 Å². The topological polar surface area (TPSA) is 60.8 Å². The molecule has 5 aromatic rings. The molecule has 0 aliphatic rings. The van der Waals surface area contributed by atoms with Crippen LogP contribution in [0.3, 0.4) is 0 Å². The lowest BCUT2D eigenvalue weighted by molar-refractivity contribution is 0.415. The molecule has 0 fully saturated rings. The van der Waals surface area contributed by atoms with E-state index in [0.29, 0.717) is 5.82 Å². The van der Waals surface area contributed by atoms with E-state index >= 15 is 0 Å². The highest BCUT2D eigenvalue weighted by Crippen LogP contribution is 2.31. The van der Waals surface area contributed by atoms with Gasteiger partial charge in [0.1, 0.15) is 17.0 Å². The first-order valence-electron chi connectivity index (χ1n) is 9.60. The first-order chi connectivity index (χ1) is 14.8. The number of hydrogen-bond acceptors (Lipinski definition) is 5. The third-order valence-corrected chi connectivity index (χ3v) is 4.91. The van der Waals surface area contributed by atoms with E-state index in [4.69, 9.17) is 19.7 Å². The van der Waals surface area contributed by atoms with Gasteiger partial charge in [-0.2, -0.15) is 0 Å². The standard InChI is InChI=1S/C25H18N4O/c1-30-21-11-5-9-18(13-21)25-28-22-14-20(19-10-6-12-26-15-19)16-27-24(22)23(29-25)17-7-3-2-4-8-17/h2-16H,1H3. The van der Waals surface area contributed by atoms with Gasteiger partial charge in [-0.3, -0.25) is 9.97 Å². The minimum atomic E-state index is 0.630. The second-order valence-electron chi connectivity index (χ2n) is 6.83. The Hall–Kier alpha value is -4.12. The van der Waals surface area contributed by atoms with Gasteiger partial charge in [0.25, 0.3) is 0 Å². The van der Waals surface area contributed by atoms with Crippen LogP contribution in [0.15, 0.2) is 91.4 Å². The summed E-state index contributed by atoms with van der Waals surface area (Å²) in [6.07, 6.45) is 5.43. The van der Waals surface area contributed by atoms with Crippen LogP contribution in [0.2, 0.25) is 0 Å². The van der Waals surface area contributed by atoms with Crippen molar-refractivity contribution in [1.82, 2.24) is 19.9 Å². The molecule has 5 nitrogen and oxygen atoms in total. The lowest BCUT2D eigenvalue weighted by Gasteiger charge is -2.10. The number of methoxy groups -OCH3 is 1. The Morgan fingerprint density at radius 3 is 2.33 bits per heavy atom. The summed E-state index contributed by atoms with van der Waals surface area (Å²) < 4.78 is 5.38. The maximum absolute atomic E-state index is 5.38. The lowest BCUT2D eigenvalue weighted by atomic mass is 10.1. The van der Waals surface area contributed by atoms with E-state index in [0.717, 1.165) is 44.7 Å². The highest BCUT2D eigenvalue weighted by Gasteiger charge is 2.14. The molecule has 0 atom stereocenters. The fraction of sp³-hybridized carbons (Fsp3) is 0.0400. The van der Waals surface area contributed by atoms with Crippen molar-refractivity contribution < 1.29 is 4.74 Å². The molecule has 0 N–H and O–H groups in total. The molecule has 144 valence electrons. The molecule has 0 spiro atoms. The van der Waals surface area contributed by atoms with Crippen molar-refractivity contribution in [2.45, 2.75) is 0 Å². The first kappa shape index (κ1) is 17.9. The molecule has 0 radical (unpaired) electrons. The van der Waals surface area contributed by atoms with Crippen molar-refractivity contribution in [3.8, 4) is 39.5 Å². The van der Waals surface area contributed by atoms with Gasteiger partial charge in [0.15, 0.2) is 5.82 Å². The average Bonchev–Trinajstić information content (AvgIpc) is 2.84. The van der Waals surface area contributed by atoms with Gasteiger partial charge in [-0.05, 0) is 24.3 Å². The van der Waals surface area contributed by atoms with Gasteiger partial charge in [0.05, 0.1) is 12.6 Å². The summed E-state index contributed by atoms with van der Waals surface area (Å²) in [6, 6.07) is 23.8. The van der Waals surface area contributed by atoms with Crippen LogP contribution < -0.4 is 4.74 Å². The molecule has 30 heavy (non-hydrogen) atoms. The van der Waals surface area contributed by atoms with Crippen LogP contribution in [-0.2, 0) is 0 Å². The predicted octanol–water partition coefficient (Wildman–Crippen LogP) is 5.43. The average molecular weight is 390 g/mol. The Kier molecular flexibility index (Phi) is 4.62. The molecule has 3 aromatic heterocycles. The highest BCUT2D eigenvalue weighted by atomic mass is 16.5. The van der Waals surface area contributed by atoms with Crippen LogP contribution in [0.25, 0.3) is 44.8 Å². The number of nitrogens with zero attached hydrogens (tertiary/aromatic N) is 4. The number of hydrogen-bond donors (Lipinski definition) is 0. The van der Waals surface area contributed by atoms with Gasteiger partial charge in [-0.25, -0.2) is 9.97 Å². The van der Waals surface area contributed by atoms with Gasteiger partial charge in [0.2, 0.25) is 0 Å². The molecule has 5 heteroatoms. The van der Waals surface area contributed by atoms with E-state index in [2.05, 4.69) is 4.98 Å². The van der Waals surface area contributed by atoms with E-state index in [1.54, 1.807) is 13.3 Å². The van der Waals surface area contributed by atoms with Crippen molar-refractivity contribution >= 4 is 11.0 Å². The zero-order valence-electron chi connectivity index (χ0n) is 16.4. The largest absolute Gasteiger partial charge is 0.497 e. The lowest BCUT2D eigenvalue weighted by Crippen LogP contribution is -1.97. The molecule has 0 aliphatic carbocycles. The molecule has 0 saturated carbocycles. The Balaban J connectivity index is 1.76. The van der Waals surface area contributed by atoms with Crippen LogP contribution in [0.1, 0.15) is 0 Å². The van der Waals surface area contributed by atoms with Crippen molar-refractivity contribution in [1.29, 1.82) is 0 Å². The molecular weight excluding hydrogens is 372 g/mol. The maximum Gasteiger partial charge on any atom is 0.160 e. The smallest absolute Gasteiger partial charge is 0.160 e. The van der Waals surface area contributed by atoms with Crippen LogP contribution in [0, 0.1) is 0 Å². The number of pyridine rings is 2. The summed E-state index contributed by atoms with van der Waals surface area (Å²) in [6.45, 7) is 0. The van der Waals surface area contributed by atoms with Gasteiger partial charge in [-0.1, -0.05) is 48.5 Å². The minimum Gasteiger partial charge on any atom is -0.497 e. The van der Waals surface area contributed by atoms with Crippen molar-refractivity contribution in [3.05, 3.63) is 91.4 Å². The summed E-state index contributed by atoms with van der Waals surface area (Å²) in [5, 5.41) is 0. The Morgan fingerprint density at radius 1 is 0.700 bits per heavy atom. The molecule has 2 aromatic carbocycles. The summed E-state index contributed by atoms with van der Waals surface area (Å²) in [5.41, 5.74) is 6.19. The normalized spacial score (nSPS) is 10.8. The van der Waals surface area contributed by atoms with Gasteiger partial charge in [-0.15, -0.1) is 0 Å². The number of rotatable bonds is 4. The minimum absolute atomic E-state index is 0.630. The third kappa shape index (κ3) is 3.37. The molecule has 3 heterocycles.